The van der Waals surface area contributed by atoms with E-state index in [1.165, 1.54) is 0 Å². The Bertz CT molecular complexity index is 464. The molecule has 0 radical (unpaired) electrons. The molecule has 0 bridgehead atoms. The minimum atomic E-state index is -4.51. The van der Waals surface area contributed by atoms with Gasteiger partial charge in [-0.05, 0) is 25.1 Å². The van der Waals surface area contributed by atoms with Gasteiger partial charge in [-0.1, -0.05) is 0 Å². The number of nitrogens with one attached hydrogen (secondary N) is 2. The third kappa shape index (κ3) is 4.61. The first kappa shape index (κ1) is 16.1. The van der Waals surface area contributed by atoms with E-state index in [0.717, 1.165) is 18.2 Å². The zero-order chi connectivity index (χ0) is 15.2. The number of carbonyl (C=O) groups excluding carboxylic acids is 1. The number of alkyl halides is 3. The lowest BCUT2D eigenvalue weighted by atomic mass is 10.2. The van der Waals surface area contributed by atoms with Crippen molar-refractivity contribution in [2.75, 3.05) is 25.1 Å². The first-order valence-corrected chi connectivity index (χ1v) is 5.88. The third-order valence-electron chi connectivity index (χ3n) is 2.25. The topological polar surface area (TPSA) is 70.6 Å². The van der Waals surface area contributed by atoms with E-state index in [2.05, 4.69) is 10.6 Å². The monoisotopic (exact) mass is 292 g/mol. The Kier molecular flexibility index (Phi) is 5.63. The molecule has 1 aromatic rings. The van der Waals surface area contributed by atoms with E-state index in [1.807, 2.05) is 0 Å². The van der Waals surface area contributed by atoms with Gasteiger partial charge in [-0.2, -0.15) is 13.2 Å². The van der Waals surface area contributed by atoms with Gasteiger partial charge in [-0.25, -0.2) is 4.79 Å². The van der Waals surface area contributed by atoms with Crippen LogP contribution < -0.4 is 15.4 Å². The molecular weight excluding hydrogens is 277 g/mol. The molecule has 0 fully saturated rings. The summed E-state index contributed by atoms with van der Waals surface area (Å²) in [7, 11) is 0. The summed E-state index contributed by atoms with van der Waals surface area (Å²) in [6, 6.07) is 2.10. The fourth-order valence-corrected chi connectivity index (χ4v) is 1.42. The van der Waals surface area contributed by atoms with Crippen molar-refractivity contribution in [3.8, 4) is 5.75 Å². The molecule has 112 valence electrons. The van der Waals surface area contributed by atoms with Crippen LogP contribution in [-0.2, 0) is 6.18 Å². The van der Waals surface area contributed by atoms with Crippen LogP contribution in [-0.4, -0.2) is 30.9 Å². The van der Waals surface area contributed by atoms with Crippen LogP contribution in [0.3, 0.4) is 0 Å². The summed E-state index contributed by atoms with van der Waals surface area (Å²) in [5.74, 6) is 0.139. The molecule has 2 amide bonds. The summed E-state index contributed by atoms with van der Waals surface area (Å²) >= 11 is 0. The number of rotatable bonds is 5. The molecule has 1 aromatic carbocycles. The molecule has 3 N–H and O–H groups in total. The number of hydrogen-bond donors (Lipinski definition) is 3. The first-order valence-electron chi connectivity index (χ1n) is 5.88. The first-order chi connectivity index (χ1) is 9.38. The van der Waals surface area contributed by atoms with Crippen molar-refractivity contribution >= 4 is 11.7 Å². The van der Waals surface area contributed by atoms with Crippen molar-refractivity contribution in [3.63, 3.8) is 0 Å². The molecule has 0 heterocycles. The summed E-state index contributed by atoms with van der Waals surface area (Å²) in [5, 5.41) is 13.1. The smallest absolute Gasteiger partial charge is 0.416 e. The third-order valence-corrected chi connectivity index (χ3v) is 2.25. The number of aliphatic hydroxyl groups excluding tert-OH is 1. The molecule has 0 aliphatic rings. The molecule has 0 saturated heterocycles. The second kappa shape index (κ2) is 6.99. The molecule has 1 rings (SSSR count). The van der Waals surface area contributed by atoms with Crippen molar-refractivity contribution in [1.29, 1.82) is 0 Å². The highest BCUT2D eigenvalue weighted by Crippen LogP contribution is 2.35. The molecule has 0 aliphatic heterocycles. The average molecular weight is 292 g/mol. The lowest BCUT2D eigenvalue weighted by Gasteiger charge is -2.14. The second-order valence-corrected chi connectivity index (χ2v) is 3.75. The predicted octanol–water partition coefficient (Wildman–Crippen LogP) is 2.22. The Morgan fingerprint density at radius 3 is 2.65 bits per heavy atom. The van der Waals surface area contributed by atoms with E-state index >= 15 is 0 Å². The molecule has 0 spiro atoms. The van der Waals surface area contributed by atoms with Gasteiger partial charge in [0.25, 0.3) is 0 Å². The van der Waals surface area contributed by atoms with Crippen LogP contribution in [0.5, 0.6) is 5.75 Å². The molecule has 0 atom stereocenters. The van der Waals surface area contributed by atoms with Crippen LogP contribution in [0.2, 0.25) is 0 Å². The number of benzene rings is 1. The van der Waals surface area contributed by atoms with Crippen LogP contribution in [0.4, 0.5) is 23.7 Å². The lowest BCUT2D eigenvalue weighted by Crippen LogP contribution is -2.31. The van der Waals surface area contributed by atoms with E-state index in [0.29, 0.717) is 0 Å². The van der Waals surface area contributed by atoms with Crippen molar-refractivity contribution in [3.05, 3.63) is 23.8 Å². The fraction of sp³-hybridized carbons (Fsp3) is 0.417. The minimum Gasteiger partial charge on any atom is -0.492 e. The van der Waals surface area contributed by atoms with Crippen molar-refractivity contribution in [2.24, 2.45) is 0 Å². The number of urea groups is 1. The summed E-state index contributed by atoms with van der Waals surface area (Å²) < 4.78 is 43.0. The van der Waals surface area contributed by atoms with Crippen molar-refractivity contribution in [2.45, 2.75) is 13.1 Å². The molecule has 5 nitrogen and oxygen atoms in total. The average Bonchev–Trinajstić information content (AvgIpc) is 2.37. The van der Waals surface area contributed by atoms with Gasteiger partial charge in [0.05, 0.1) is 24.5 Å². The Morgan fingerprint density at radius 2 is 2.10 bits per heavy atom. The lowest BCUT2D eigenvalue weighted by molar-refractivity contribution is -0.137. The van der Waals surface area contributed by atoms with Gasteiger partial charge in [0.15, 0.2) is 0 Å². The van der Waals surface area contributed by atoms with Gasteiger partial charge in [0, 0.05) is 6.54 Å². The number of carbonyl (C=O) groups is 1. The van der Waals surface area contributed by atoms with E-state index in [1.54, 1.807) is 6.92 Å². The van der Waals surface area contributed by atoms with Crippen LogP contribution in [0, 0.1) is 0 Å². The quantitative estimate of drug-likeness (QED) is 0.779. The number of aliphatic hydroxyl groups is 1. The highest BCUT2D eigenvalue weighted by molar-refractivity contribution is 5.91. The predicted molar refractivity (Wildman–Crippen MR) is 66.7 cm³/mol. The number of amides is 2. The van der Waals surface area contributed by atoms with E-state index in [4.69, 9.17) is 9.84 Å². The maximum Gasteiger partial charge on any atom is 0.416 e. The zero-order valence-corrected chi connectivity index (χ0v) is 10.8. The van der Waals surface area contributed by atoms with Crippen LogP contribution in [0.1, 0.15) is 12.5 Å². The van der Waals surface area contributed by atoms with E-state index < -0.39 is 17.8 Å². The van der Waals surface area contributed by atoms with Crippen LogP contribution in [0.25, 0.3) is 0 Å². The SMILES string of the molecule is CCOc1ccc(C(F)(F)F)cc1NC(=O)NCCO. The van der Waals surface area contributed by atoms with Crippen molar-refractivity contribution in [1.82, 2.24) is 5.32 Å². The Labute approximate surface area is 113 Å². The summed E-state index contributed by atoms with van der Waals surface area (Å²) in [5.41, 5.74) is -0.976. The number of anilines is 1. The van der Waals surface area contributed by atoms with Gasteiger partial charge in [-0.15, -0.1) is 0 Å². The van der Waals surface area contributed by atoms with Crippen molar-refractivity contribution < 1.29 is 27.8 Å². The number of ether oxygens (including phenoxy) is 1. The van der Waals surface area contributed by atoms with Crippen LogP contribution in [0.15, 0.2) is 18.2 Å². The van der Waals surface area contributed by atoms with Gasteiger partial charge in [-0.3, -0.25) is 0 Å². The standard InChI is InChI=1S/C12H15F3N2O3/c1-2-20-10-4-3-8(12(13,14)15)7-9(10)17-11(19)16-5-6-18/h3-4,7,18H,2,5-6H2,1H3,(H2,16,17,19). The summed E-state index contributed by atoms with van der Waals surface area (Å²) in [6.07, 6.45) is -4.51. The highest BCUT2D eigenvalue weighted by Gasteiger charge is 2.31. The maximum absolute atomic E-state index is 12.6. The summed E-state index contributed by atoms with van der Waals surface area (Å²) in [4.78, 5) is 11.4. The molecule has 0 aromatic heterocycles. The van der Waals surface area contributed by atoms with Gasteiger partial charge in [0.1, 0.15) is 5.75 Å². The fourth-order valence-electron chi connectivity index (χ4n) is 1.42. The Morgan fingerprint density at radius 1 is 1.40 bits per heavy atom. The van der Waals surface area contributed by atoms with E-state index in [-0.39, 0.29) is 31.2 Å². The Hall–Kier alpha value is -1.96. The van der Waals surface area contributed by atoms with Gasteiger partial charge in [0.2, 0.25) is 0 Å². The highest BCUT2D eigenvalue weighted by atomic mass is 19.4. The molecular formula is C12H15F3N2O3. The van der Waals surface area contributed by atoms with Crippen LogP contribution >= 0.6 is 0 Å². The largest absolute Gasteiger partial charge is 0.492 e. The zero-order valence-electron chi connectivity index (χ0n) is 10.8. The maximum atomic E-state index is 12.6. The second-order valence-electron chi connectivity index (χ2n) is 3.75. The van der Waals surface area contributed by atoms with Gasteiger partial charge >= 0.3 is 12.2 Å². The molecule has 0 aliphatic carbocycles. The molecule has 8 heteroatoms. The summed E-state index contributed by atoms with van der Waals surface area (Å²) in [6.45, 7) is 1.65. The normalized spacial score (nSPS) is 11.1. The molecule has 0 unspecified atom stereocenters. The minimum absolute atomic E-state index is 0.00520. The van der Waals surface area contributed by atoms with E-state index in [9.17, 15) is 18.0 Å². The molecule has 20 heavy (non-hydrogen) atoms. The van der Waals surface area contributed by atoms with Gasteiger partial charge < -0.3 is 20.5 Å². The molecule has 0 saturated carbocycles. The number of halogens is 3. The Balaban J connectivity index is 2.96. The number of hydrogen-bond acceptors (Lipinski definition) is 3.